The zero-order chi connectivity index (χ0) is 11.7. The molecule has 0 aromatic heterocycles. The van der Waals surface area contributed by atoms with E-state index in [1.54, 1.807) is 6.07 Å². The van der Waals surface area contributed by atoms with Crippen molar-refractivity contribution in [3.8, 4) is 11.1 Å². The van der Waals surface area contributed by atoms with Gasteiger partial charge in [0, 0.05) is 22.6 Å². The average molecular weight is 213 g/mol. The average Bonchev–Trinajstić information content (AvgIpc) is 2.23. The maximum atomic E-state index is 5.95. The molecule has 6 N–H and O–H groups in total. The van der Waals surface area contributed by atoms with Crippen LogP contribution >= 0.6 is 0 Å². The number of nitrogens with two attached hydrogens (primary N) is 3. The second-order valence-electron chi connectivity index (χ2n) is 3.87. The maximum Gasteiger partial charge on any atom is 0.0414 e. The van der Waals surface area contributed by atoms with Gasteiger partial charge in [-0.05, 0) is 36.2 Å². The highest BCUT2D eigenvalue weighted by molar-refractivity contribution is 5.82. The lowest BCUT2D eigenvalue weighted by molar-refractivity contribution is 1.46. The highest BCUT2D eigenvalue weighted by Gasteiger charge is 2.07. The number of hydrogen-bond acceptors (Lipinski definition) is 3. The standard InChI is InChI=1S/C13H15N3/c1-8-10(3-2-4-12(8)15)11-6-5-9(14)7-13(11)16/h2-7H,14-16H2,1H3. The Morgan fingerprint density at radius 1 is 0.812 bits per heavy atom. The molecule has 82 valence electrons. The first-order valence-electron chi connectivity index (χ1n) is 5.10. The molecule has 3 heteroatoms. The Hall–Kier alpha value is -2.16. The summed E-state index contributed by atoms with van der Waals surface area (Å²) < 4.78 is 0. The van der Waals surface area contributed by atoms with Gasteiger partial charge in [0.25, 0.3) is 0 Å². The third kappa shape index (κ3) is 1.67. The van der Waals surface area contributed by atoms with Crippen LogP contribution in [0.15, 0.2) is 36.4 Å². The van der Waals surface area contributed by atoms with Gasteiger partial charge >= 0.3 is 0 Å². The van der Waals surface area contributed by atoms with E-state index in [2.05, 4.69) is 0 Å². The van der Waals surface area contributed by atoms with Gasteiger partial charge in [0.2, 0.25) is 0 Å². The zero-order valence-electron chi connectivity index (χ0n) is 9.20. The fourth-order valence-electron chi connectivity index (χ4n) is 1.77. The van der Waals surface area contributed by atoms with E-state index >= 15 is 0 Å². The minimum absolute atomic E-state index is 0.669. The van der Waals surface area contributed by atoms with Crippen molar-refractivity contribution in [2.75, 3.05) is 17.2 Å². The minimum atomic E-state index is 0.669. The second-order valence-corrected chi connectivity index (χ2v) is 3.87. The fourth-order valence-corrected chi connectivity index (χ4v) is 1.77. The van der Waals surface area contributed by atoms with Crippen LogP contribution in [0.25, 0.3) is 11.1 Å². The second kappa shape index (κ2) is 3.77. The van der Waals surface area contributed by atoms with Crippen LogP contribution in [0.5, 0.6) is 0 Å². The van der Waals surface area contributed by atoms with Crippen LogP contribution in [0.1, 0.15) is 5.56 Å². The number of anilines is 3. The summed E-state index contributed by atoms with van der Waals surface area (Å²) in [5.41, 5.74) is 22.7. The molecule has 0 aliphatic heterocycles. The first-order chi connectivity index (χ1) is 7.59. The van der Waals surface area contributed by atoms with Gasteiger partial charge < -0.3 is 17.2 Å². The molecule has 0 atom stereocenters. The van der Waals surface area contributed by atoms with Gasteiger partial charge in [-0.25, -0.2) is 0 Å². The van der Waals surface area contributed by atoms with E-state index < -0.39 is 0 Å². The van der Waals surface area contributed by atoms with Gasteiger partial charge in [-0.15, -0.1) is 0 Å². The summed E-state index contributed by atoms with van der Waals surface area (Å²) in [6.45, 7) is 1.99. The Balaban J connectivity index is 2.63. The Morgan fingerprint density at radius 2 is 1.56 bits per heavy atom. The summed E-state index contributed by atoms with van der Waals surface area (Å²) in [6.07, 6.45) is 0. The van der Waals surface area contributed by atoms with Gasteiger partial charge in [-0.3, -0.25) is 0 Å². The van der Waals surface area contributed by atoms with Crippen LogP contribution < -0.4 is 17.2 Å². The Morgan fingerprint density at radius 3 is 2.25 bits per heavy atom. The molecule has 2 rings (SSSR count). The Kier molecular flexibility index (Phi) is 2.44. The van der Waals surface area contributed by atoms with Crippen LogP contribution in [-0.4, -0.2) is 0 Å². The number of hydrogen-bond donors (Lipinski definition) is 3. The van der Waals surface area contributed by atoms with Gasteiger partial charge in [0.05, 0.1) is 0 Å². The molecule has 0 spiro atoms. The van der Waals surface area contributed by atoms with Crippen LogP contribution in [0.2, 0.25) is 0 Å². The summed E-state index contributed by atoms with van der Waals surface area (Å²) in [7, 11) is 0. The van der Waals surface area contributed by atoms with E-state index in [0.717, 1.165) is 22.4 Å². The molecule has 0 amide bonds. The molecule has 0 saturated heterocycles. The lowest BCUT2D eigenvalue weighted by atomic mass is 9.98. The minimum Gasteiger partial charge on any atom is -0.399 e. The molecule has 3 nitrogen and oxygen atoms in total. The highest BCUT2D eigenvalue weighted by atomic mass is 14.6. The van der Waals surface area contributed by atoms with E-state index in [0.29, 0.717) is 11.4 Å². The topological polar surface area (TPSA) is 78.1 Å². The summed E-state index contributed by atoms with van der Waals surface area (Å²) in [5.74, 6) is 0. The van der Waals surface area contributed by atoms with Crippen molar-refractivity contribution < 1.29 is 0 Å². The van der Waals surface area contributed by atoms with E-state index in [9.17, 15) is 0 Å². The predicted octanol–water partition coefficient (Wildman–Crippen LogP) is 2.41. The number of nitrogen functional groups attached to an aromatic ring is 3. The predicted molar refractivity (Wildman–Crippen MR) is 69.9 cm³/mol. The first kappa shape index (κ1) is 10.4. The third-order valence-corrected chi connectivity index (χ3v) is 2.74. The summed E-state index contributed by atoms with van der Waals surface area (Å²) in [6, 6.07) is 11.3. The molecule has 0 heterocycles. The zero-order valence-corrected chi connectivity index (χ0v) is 9.20. The fraction of sp³-hybridized carbons (Fsp3) is 0.0769. The van der Waals surface area contributed by atoms with Crippen LogP contribution in [0.4, 0.5) is 17.1 Å². The van der Waals surface area contributed by atoms with E-state index in [-0.39, 0.29) is 0 Å². The van der Waals surface area contributed by atoms with Crippen molar-refractivity contribution in [2.45, 2.75) is 6.92 Å². The highest BCUT2D eigenvalue weighted by Crippen LogP contribution is 2.32. The lowest BCUT2D eigenvalue weighted by Crippen LogP contribution is -1.96. The summed E-state index contributed by atoms with van der Waals surface area (Å²) >= 11 is 0. The van der Waals surface area contributed by atoms with Gasteiger partial charge in [0.1, 0.15) is 0 Å². The third-order valence-electron chi connectivity index (χ3n) is 2.74. The van der Waals surface area contributed by atoms with Crippen LogP contribution in [0, 0.1) is 6.92 Å². The quantitative estimate of drug-likeness (QED) is 0.636. The van der Waals surface area contributed by atoms with Crippen molar-refractivity contribution in [3.63, 3.8) is 0 Å². The van der Waals surface area contributed by atoms with Crippen molar-refractivity contribution in [1.82, 2.24) is 0 Å². The summed E-state index contributed by atoms with van der Waals surface area (Å²) in [5, 5.41) is 0. The molecule has 2 aromatic rings. The molecule has 16 heavy (non-hydrogen) atoms. The van der Waals surface area contributed by atoms with Crippen LogP contribution in [0.3, 0.4) is 0 Å². The first-order valence-corrected chi connectivity index (χ1v) is 5.10. The molecule has 0 radical (unpaired) electrons. The smallest absolute Gasteiger partial charge is 0.0414 e. The van der Waals surface area contributed by atoms with Gasteiger partial charge in [-0.2, -0.15) is 0 Å². The molecule has 0 unspecified atom stereocenters. The molecule has 0 saturated carbocycles. The molecule has 0 aliphatic carbocycles. The molecule has 0 aliphatic rings. The lowest BCUT2D eigenvalue weighted by Gasteiger charge is -2.11. The summed E-state index contributed by atoms with van der Waals surface area (Å²) in [4.78, 5) is 0. The van der Waals surface area contributed by atoms with Crippen molar-refractivity contribution in [2.24, 2.45) is 0 Å². The van der Waals surface area contributed by atoms with Crippen LogP contribution in [-0.2, 0) is 0 Å². The van der Waals surface area contributed by atoms with Crippen molar-refractivity contribution in [1.29, 1.82) is 0 Å². The molecular weight excluding hydrogens is 198 g/mol. The molecule has 2 aromatic carbocycles. The Bertz CT molecular complexity index is 533. The van der Waals surface area contributed by atoms with Gasteiger partial charge in [-0.1, -0.05) is 18.2 Å². The Labute approximate surface area is 94.9 Å². The molecule has 0 fully saturated rings. The van der Waals surface area contributed by atoms with Crippen molar-refractivity contribution >= 4 is 17.1 Å². The monoisotopic (exact) mass is 213 g/mol. The van der Waals surface area contributed by atoms with E-state index in [1.165, 1.54) is 0 Å². The van der Waals surface area contributed by atoms with E-state index in [4.69, 9.17) is 17.2 Å². The largest absolute Gasteiger partial charge is 0.399 e. The molecular formula is C13H15N3. The normalized spacial score (nSPS) is 10.3. The maximum absolute atomic E-state index is 5.95. The SMILES string of the molecule is Cc1c(N)cccc1-c1ccc(N)cc1N. The van der Waals surface area contributed by atoms with E-state index in [1.807, 2.05) is 37.3 Å². The van der Waals surface area contributed by atoms with Crippen molar-refractivity contribution in [3.05, 3.63) is 42.0 Å². The number of benzene rings is 2. The number of rotatable bonds is 1. The molecule has 0 bridgehead atoms. The van der Waals surface area contributed by atoms with Gasteiger partial charge in [0.15, 0.2) is 0 Å².